The zero-order valence-corrected chi connectivity index (χ0v) is 19.5. The van der Waals surface area contributed by atoms with Gasteiger partial charge in [0.05, 0.1) is 30.1 Å². The van der Waals surface area contributed by atoms with E-state index in [0.717, 1.165) is 32.7 Å². The van der Waals surface area contributed by atoms with Gasteiger partial charge in [0.15, 0.2) is 0 Å². The zero-order chi connectivity index (χ0) is 20.5. The van der Waals surface area contributed by atoms with Crippen LogP contribution in [0.5, 0.6) is 0 Å². The molecule has 2 aromatic heterocycles. The normalized spacial score (nSPS) is 11.9. The van der Waals surface area contributed by atoms with Crippen LogP contribution in [-0.4, -0.2) is 42.1 Å². The number of aromatic nitrogens is 3. The second-order valence-corrected chi connectivity index (χ2v) is 14.5. The molecule has 3 aromatic rings. The number of fused-ring (bicyclic) bond motifs is 1. The Hall–Kier alpha value is -1.90. The lowest BCUT2D eigenvalue weighted by Crippen LogP contribution is -2.22. The quantitative estimate of drug-likeness (QED) is 0.284. The molecule has 0 radical (unpaired) electrons. The van der Waals surface area contributed by atoms with Crippen molar-refractivity contribution in [1.82, 2.24) is 14.3 Å². The molecule has 0 bridgehead atoms. The zero-order valence-electron chi connectivity index (χ0n) is 17.0. The monoisotopic (exact) mass is 463 g/mol. The molecule has 0 aliphatic heterocycles. The van der Waals surface area contributed by atoms with Crippen molar-refractivity contribution in [2.75, 3.05) is 13.7 Å². The molecule has 0 saturated heterocycles. The number of esters is 1. The summed E-state index contributed by atoms with van der Waals surface area (Å²) in [7, 11) is 2.10. The van der Waals surface area contributed by atoms with E-state index >= 15 is 0 Å². The molecule has 150 valence electrons. The third kappa shape index (κ3) is 4.39. The van der Waals surface area contributed by atoms with Gasteiger partial charge in [-0.2, -0.15) is 5.10 Å². The predicted molar refractivity (Wildman–Crippen MR) is 117 cm³/mol. The lowest BCUT2D eigenvalue weighted by molar-refractivity contribution is 0.0601. The SMILES string of the molecule is COC(=O)c1ccc(Br)c2cc(-c3cnn(C)c3)n(COCC[Si](C)(C)C)c12. The van der Waals surface area contributed by atoms with Crippen molar-refractivity contribution in [3.8, 4) is 11.3 Å². The lowest BCUT2D eigenvalue weighted by Gasteiger charge is -2.17. The number of carbonyl (C=O) groups is 1. The van der Waals surface area contributed by atoms with E-state index in [4.69, 9.17) is 9.47 Å². The molecule has 2 heterocycles. The summed E-state index contributed by atoms with van der Waals surface area (Å²) < 4.78 is 15.8. The molecule has 1 aromatic carbocycles. The van der Waals surface area contributed by atoms with Crippen LogP contribution in [0.4, 0.5) is 0 Å². The van der Waals surface area contributed by atoms with Crippen molar-refractivity contribution < 1.29 is 14.3 Å². The maximum Gasteiger partial charge on any atom is 0.340 e. The molecule has 0 unspecified atom stereocenters. The minimum Gasteiger partial charge on any atom is -0.465 e. The smallest absolute Gasteiger partial charge is 0.340 e. The van der Waals surface area contributed by atoms with E-state index in [1.807, 2.05) is 30.1 Å². The number of nitrogens with zero attached hydrogens (tertiary/aromatic N) is 3. The van der Waals surface area contributed by atoms with Gasteiger partial charge >= 0.3 is 5.97 Å². The van der Waals surface area contributed by atoms with Crippen LogP contribution < -0.4 is 0 Å². The minimum atomic E-state index is -1.18. The number of methoxy groups -OCH3 is 1. The third-order valence-electron chi connectivity index (χ3n) is 4.63. The van der Waals surface area contributed by atoms with Gasteiger partial charge in [0, 0.05) is 43.3 Å². The fourth-order valence-corrected chi connectivity index (χ4v) is 4.27. The molecule has 0 fully saturated rings. The summed E-state index contributed by atoms with van der Waals surface area (Å²) in [6.07, 6.45) is 3.77. The molecule has 0 aliphatic rings. The average molecular weight is 464 g/mol. The highest BCUT2D eigenvalue weighted by atomic mass is 79.9. The Kier molecular flexibility index (Phi) is 6.11. The molecule has 3 rings (SSSR count). The number of rotatable bonds is 7. The Labute approximate surface area is 174 Å². The largest absolute Gasteiger partial charge is 0.465 e. The van der Waals surface area contributed by atoms with E-state index in [1.165, 1.54) is 7.11 Å². The maximum atomic E-state index is 12.4. The minimum absolute atomic E-state index is 0.360. The van der Waals surface area contributed by atoms with Crippen molar-refractivity contribution >= 4 is 40.9 Å². The average Bonchev–Trinajstić information content (AvgIpc) is 3.22. The Bertz CT molecular complexity index is 1000. The van der Waals surface area contributed by atoms with Gasteiger partial charge in [-0.15, -0.1) is 0 Å². The van der Waals surface area contributed by atoms with Crippen LogP contribution in [0.3, 0.4) is 0 Å². The van der Waals surface area contributed by atoms with Gasteiger partial charge in [0.1, 0.15) is 6.73 Å². The molecule has 28 heavy (non-hydrogen) atoms. The van der Waals surface area contributed by atoms with Crippen LogP contribution in [0.25, 0.3) is 22.2 Å². The van der Waals surface area contributed by atoms with Gasteiger partial charge in [-0.1, -0.05) is 35.6 Å². The van der Waals surface area contributed by atoms with E-state index < -0.39 is 8.07 Å². The summed E-state index contributed by atoms with van der Waals surface area (Å²) in [6, 6.07) is 6.80. The van der Waals surface area contributed by atoms with Gasteiger partial charge in [-0.05, 0) is 24.2 Å². The molecule has 0 atom stereocenters. The van der Waals surface area contributed by atoms with Crippen LogP contribution in [0, 0.1) is 0 Å². The highest BCUT2D eigenvalue weighted by molar-refractivity contribution is 9.10. The maximum absolute atomic E-state index is 12.4. The predicted octanol–water partition coefficient (Wildman–Crippen LogP) is 4.90. The number of hydrogen-bond donors (Lipinski definition) is 0. The molecule has 0 N–H and O–H groups in total. The van der Waals surface area contributed by atoms with Crippen molar-refractivity contribution in [2.45, 2.75) is 32.4 Å². The van der Waals surface area contributed by atoms with Gasteiger partial charge in [-0.3, -0.25) is 4.68 Å². The topological polar surface area (TPSA) is 58.3 Å². The van der Waals surface area contributed by atoms with Crippen molar-refractivity contribution in [2.24, 2.45) is 7.05 Å². The first kappa shape index (κ1) is 20.8. The van der Waals surface area contributed by atoms with E-state index in [-0.39, 0.29) is 5.97 Å². The van der Waals surface area contributed by atoms with Crippen molar-refractivity contribution in [1.29, 1.82) is 0 Å². The molecular formula is C20H26BrN3O3Si. The highest BCUT2D eigenvalue weighted by Gasteiger charge is 2.21. The highest BCUT2D eigenvalue weighted by Crippen LogP contribution is 2.35. The summed E-state index contributed by atoms with van der Waals surface area (Å²) >= 11 is 3.61. The summed E-state index contributed by atoms with van der Waals surface area (Å²) in [5.74, 6) is -0.364. The Morgan fingerprint density at radius 1 is 1.29 bits per heavy atom. The number of ether oxygens (including phenoxy) is 2. The number of aryl methyl sites for hydroxylation is 1. The number of halogens is 1. The Balaban J connectivity index is 2.10. The summed E-state index contributed by atoms with van der Waals surface area (Å²) in [5, 5.41) is 5.23. The van der Waals surface area contributed by atoms with E-state index in [2.05, 4.69) is 46.7 Å². The molecule has 0 amide bonds. The summed E-state index contributed by atoms with van der Waals surface area (Å²) in [5.41, 5.74) is 3.24. The van der Waals surface area contributed by atoms with Crippen LogP contribution >= 0.6 is 15.9 Å². The molecule has 8 heteroatoms. The number of benzene rings is 1. The fraction of sp³-hybridized carbons (Fsp3) is 0.400. The van der Waals surface area contributed by atoms with Crippen molar-refractivity contribution in [3.63, 3.8) is 0 Å². The molecule has 0 spiro atoms. The van der Waals surface area contributed by atoms with E-state index in [9.17, 15) is 4.79 Å². The lowest BCUT2D eigenvalue weighted by atomic mass is 10.1. The standard InChI is InChI=1S/C20H26BrN3O3Si/c1-23-12-14(11-22-23)18-10-16-17(21)7-6-15(20(25)26-2)19(16)24(18)13-27-8-9-28(3,4)5/h6-7,10-12H,8-9,13H2,1-5H3. The van der Waals surface area contributed by atoms with E-state index in [1.54, 1.807) is 10.7 Å². The molecule has 6 nitrogen and oxygen atoms in total. The van der Waals surface area contributed by atoms with Crippen LogP contribution in [0.15, 0.2) is 35.1 Å². The fourth-order valence-electron chi connectivity index (χ4n) is 3.08. The second-order valence-electron chi connectivity index (χ2n) is 8.06. The first-order valence-corrected chi connectivity index (χ1v) is 13.7. The molecule has 0 aliphatic carbocycles. The molecule has 0 saturated carbocycles. The van der Waals surface area contributed by atoms with E-state index in [0.29, 0.717) is 18.9 Å². The first-order valence-electron chi connectivity index (χ1n) is 9.18. The second kappa shape index (κ2) is 8.22. The Morgan fingerprint density at radius 3 is 2.64 bits per heavy atom. The van der Waals surface area contributed by atoms with Gasteiger partial charge in [-0.25, -0.2) is 4.79 Å². The van der Waals surface area contributed by atoms with Crippen LogP contribution in [0.1, 0.15) is 10.4 Å². The van der Waals surface area contributed by atoms with Gasteiger partial charge in [0.2, 0.25) is 0 Å². The first-order chi connectivity index (χ1) is 13.2. The summed E-state index contributed by atoms with van der Waals surface area (Å²) in [4.78, 5) is 12.4. The Morgan fingerprint density at radius 2 is 2.04 bits per heavy atom. The van der Waals surface area contributed by atoms with Crippen molar-refractivity contribution in [3.05, 3.63) is 40.6 Å². The number of carbonyl (C=O) groups excluding carboxylic acids is 1. The molecular weight excluding hydrogens is 438 g/mol. The summed E-state index contributed by atoms with van der Waals surface area (Å²) in [6.45, 7) is 8.04. The van der Waals surface area contributed by atoms with Gasteiger partial charge in [0.25, 0.3) is 0 Å². The van der Waals surface area contributed by atoms with Crippen LogP contribution in [-0.2, 0) is 23.3 Å². The van der Waals surface area contributed by atoms with Gasteiger partial charge < -0.3 is 14.0 Å². The van der Waals surface area contributed by atoms with Crippen LogP contribution in [0.2, 0.25) is 25.7 Å². The number of hydrogen-bond acceptors (Lipinski definition) is 4. The third-order valence-corrected chi connectivity index (χ3v) is 7.02.